The molecule has 0 bridgehead atoms. The molecule has 0 saturated heterocycles. The summed E-state index contributed by atoms with van der Waals surface area (Å²) in [6.45, 7) is 7.14. The number of aliphatic imine (C=N–C) groups is 1. The normalized spacial score (nSPS) is 14.9. The smallest absolute Gasteiger partial charge is 0.259 e. The van der Waals surface area contributed by atoms with Gasteiger partial charge in [-0.1, -0.05) is 73.1 Å². The zero-order chi connectivity index (χ0) is 29.0. The molecule has 1 aliphatic carbocycles. The van der Waals surface area contributed by atoms with Crippen LogP contribution in [0.1, 0.15) is 64.7 Å². The van der Waals surface area contributed by atoms with Crippen LogP contribution in [-0.2, 0) is 19.4 Å². The van der Waals surface area contributed by atoms with Gasteiger partial charge in [-0.2, -0.15) is 5.26 Å². The van der Waals surface area contributed by atoms with E-state index in [1.54, 1.807) is 23.6 Å². The van der Waals surface area contributed by atoms with Crippen molar-refractivity contribution < 1.29 is 9.53 Å². The van der Waals surface area contributed by atoms with Gasteiger partial charge in [0.15, 0.2) is 0 Å². The van der Waals surface area contributed by atoms with Crippen LogP contribution >= 0.6 is 27.3 Å². The van der Waals surface area contributed by atoms with Crippen LogP contribution in [0.15, 0.2) is 82.3 Å². The molecule has 1 aliphatic rings. The molecule has 1 N–H and O–H groups in total. The third-order valence-electron chi connectivity index (χ3n) is 7.54. The molecular formula is C34H32BrN3O2S. The largest absolute Gasteiger partial charge is 0.488 e. The lowest BCUT2D eigenvalue weighted by atomic mass is 9.72. The van der Waals surface area contributed by atoms with Crippen LogP contribution in [0.3, 0.4) is 0 Å². The number of thiophene rings is 1. The highest BCUT2D eigenvalue weighted by Crippen LogP contribution is 2.45. The van der Waals surface area contributed by atoms with Crippen LogP contribution in [0.25, 0.3) is 0 Å². The molecule has 1 atom stereocenters. The van der Waals surface area contributed by atoms with Gasteiger partial charge >= 0.3 is 0 Å². The highest BCUT2D eigenvalue weighted by Gasteiger charge is 2.33. The first kappa shape index (κ1) is 28.8. The van der Waals surface area contributed by atoms with Gasteiger partial charge < -0.3 is 10.1 Å². The van der Waals surface area contributed by atoms with Crippen molar-refractivity contribution in [2.45, 2.75) is 46.6 Å². The summed E-state index contributed by atoms with van der Waals surface area (Å²) in [5.74, 6) is 1.07. The van der Waals surface area contributed by atoms with E-state index in [2.05, 4.69) is 48.1 Å². The van der Waals surface area contributed by atoms with Gasteiger partial charge in [0.1, 0.15) is 17.4 Å². The Kier molecular flexibility index (Phi) is 8.72. The number of rotatable bonds is 7. The number of nitriles is 1. The van der Waals surface area contributed by atoms with Gasteiger partial charge in [-0.3, -0.25) is 4.79 Å². The van der Waals surface area contributed by atoms with Crippen molar-refractivity contribution >= 4 is 50.1 Å². The fraction of sp³-hybridized carbons (Fsp3) is 0.265. The average molecular weight is 627 g/mol. The molecule has 1 amide bonds. The van der Waals surface area contributed by atoms with Gasteiger partial charge in [0, 0.05) is 32.4 Å². The predicted molar refractivity (Wildman–Crippen MR) is 171 cm³/mol. The van der Waals surface area contributed by atoms with Crippen LogP contribution in [-0.4, -0.2) is 12.1 Å². The maximum absolute atomic E-state index is 13.7. The molecule has 41 heavy (non-hydrogen) atoms. The maximum atomic E-state index is 13.7. The lowest BCUT2D eigenvalue weighted by molar-refractivity contribution is 0.102. The zero-order valence-corrected chi connectivity index (χ0v) is 25.8. The molecule has 1 aromatic heterocycles. The van der Waals surface area contributed by atoms with Gasteiger partial charge in [0.2, 0.25) is 0 Å². The Balaban J connectivity index is 1.48. The van der Waals surface area contributed by atoms with Crippen LogP contribution in [0.2, 0.25) is 0 Å². The van der Waals surface area contributed by atoms with E-state index < -0.39 is 0 Å². The second-order valence-corrected chi connectivity index (χ2v) is 13.3. The average Bonchev–Trinajstić information content (AvgIpc) is 3.33. The topological polar surface area (TPSA) is 74.5 Å². The number of anilines is 1. The molecule has 7 heteroatoms. The Morgan fingerprint density at radius 2 is 1.90 bits per heavy atom. The quantitative estimate of drug-likeness (QED) is 0.208. The number of nitrogens with zero attached hydrogens (tertiary/aromatic N) is 2. The Hall–Kier alpha value is -3.73. The van der Waals surface area contributed by atoms with Crippen molar-refractivity contribution in [3.05, 3.63) is 110 Å². The molecule has 0 spiro atoms. The highest BCUT2D eigenvalue weighted by molar-refractivity contribution is 9.10. The molecule has 0 saturated carbocycles. The number of hydrogen-bond donors (Lipinski definition) is 1. The van der Waals surface area contributed by atoms with E-state index in [0.717, 1.165) is 46.1 Å². The molecule has 0 radical (unpaired) electrons. The van der Waals surface area contributed by atoms with E-state index in [1.165, 1.54) is 4.88 Å². The fourth-order valence-electron chi connectivity index (χ4n) is 5.14. The Labute approximate surface area is 254 Å². The summed E-state index contributed by atoms with van der Waals surface area (Å²) < 4.78 is 7.05. The molecule has 0 unspecified atom stereocenters. The summed E-state index contributed by atoms with van der Waals surface area (Å²) in [7, 11) is 0. The summed E-state index contributed by atoms with van der Waals surface area (Å²) in [6, 6.07) is 24.9. The molecule has 4 aromatic rings. The van der Waals surface area contributed by atoms with Crippen molar-refractivity contribution in [3.8, 4) is 11.8 Å². The number of carbonyl (C=O) groups excluding carboxylic acids is 1. The number of nitrogens with one attached hydrogen (secondary N) is 1. The number of hydrogen-bond acceptors (Lipinski definition) is 5. The summed E-state index contributed by atoms with van der Waals surface area (Å²) in [5, 5.41) is 13.2. The van der Waals surface area contributed by atoms with Crippen molar-refractivity contribution in [1.29, 1.82) is 5.26 Å². The van der Waals surface area contributed by atoms with Gasteiger partial charge in [0.05, 0.1) is 17.2 Å². The minimum Gasteiger partial charge on any atom is -0.488 e. The van der Waals surface area contributed by atoms with Crippen molar-refractivity contribution in [2.75, 3.05) is 5.32 Å². The molecule has 1 heterocycles. The molecule has 5 rings (SSSR count). The number of amides is 1. The molecule has 5 nitrogen and oxygen atoms in total. The number of halogens is 1. The summed E-state index contributed by atoms with van der Waals surface area (Å²) in [6.07, 6.45) is 4.64. The zero-order valence-electron chi connectivity index (χ0n) is 23.4. The van der Waals surface area contributed by atoms with Crippen molar-refractivity contribution in [3.63, 3.8) is 0 Å². The highest BCUT2D eigenvalue weighted by atomic mass is 79.9. The van der Waals surface area contributed by atoms with E-state index in [4.69, 9.17) is 9.73 Å². The lowest BCUT2D eigenvalue weighted by Crippen LogP contribution is -2.27. The summed E-state index contributed by atoms with van der Waals surface area (Å²) in [5.41, 5.74) is 4.93. The maximum Gasteiger partial charge on any atom is 0.259 e. The Morgan fingerprint density at radius 1 is 1.15 bits per heavy atom. The minimum absolute atomic E-state index is 0.131. The SMILES string of the molecule is CC(C)(C)[C@@H]1CCc2c(sc(N=Cc3cc(Br)ccc3OCc3ccccc3C#N)c2C(=O)Nc2ccccc2)C1. The van der Waals surface area contributed by atoms with E-state index in [9.17, 15) is 10.1 Å². The predicted octanol–water partition coefficient (Wildman–Crippen LogP) is 9.12. The van der Waals surface area contributed by atoms with E-state index in [1.807, 2.05) is 66.7 Å². The first-order valence-electron chi connectivity index (χ1n) is 13.7. The van der Waals surface area contributed by atoms with Crippen molar-refractivity contribution in [2.24, 2.45) is 16.3 Å². The van der Waals surface area contributed by atoms with Crippen molar-refractivity contribution in [1.82, 2.24) is 0 Å². The van der Waals surface area contributed by atoms with Gasteiger partial charge in [-0.05, 0) is 72.6 Å². The number of benzene rings is 3. The summed E-state index contributed by atoms with van der Waals surface area (Å²) in [4.78, 5) is 19.8. The van der Waals surface area contributed by atoms with Gasteiger partial charge in [0.25, 0.3) is 5.91 Å². The second kappa shape index (κ2) is 12.4. The standard InChI is InChI=1S/C34H32BrN3O2S/c1-34(2,3)25-13-15-28-30(18-25)41-33(31(28)32(39)38-27-11-5-4-6-12-27)37-20-24-17-26(35)14-16-29(24)40-21-23-10-8-7-9-22(23)19-36/h4-12,14,16-17,20,25H,13,15,18,21H2,1-3H3,(H,38,39)/t25-/m1/s1. The molecule has 0 fully saturated rings. The van der Waals surface area contributed by atoms with Crippen LogP contribution in [0.5, 0.6) is 5.75 Å². The number of carbonyl (C=O) groups is 1. The van der Waals surface area contributed by atoms with E-state index in [0.29, 0.717) is 27.8 Å². The molecule has 3 aromatic carbocycles. The summed E-state index contributed by atoms with van der Waals surface area (Å²) >= 11 is 5.18. The third kappa shape index (κ3) is 6.78. The molecule has 208 valence electrons. The lowest BCUT2D eigenvalue weighted by Gasteiger charge is -2.33. The van der Waals surface area contributed by atoms with E-state index >= 15 is 0 Å². The number of ether oxygens (including phenoxy) is 1. The van der Waals surface area contributed by atoms with Crippen LogP contribution in [0, 0.1) is 22.7 Å². The molecule has 0 aliphatic heterocycles. The van der Waals surface area contributed by atoms with Gasteiger partial charge in [-0.15, -0.1) is 11.3 Å². The first-order chi connectivity index (χ1) is 19.7. The van der Waals surface area contributed by atoms with Crippen LogP contribution < -0.4 is 10.1 Å². The minimum atomic E-state index is -0.131. The van der Waals surface area contributed by atoms with Crippen LogP contribution in [0.4, 0.5) is 10.7 Å². The molecular weight excluding hydrogens is 594 g/mol. The Bertz CT molecular complexity index is 1630. The third-order valence-corrected chi connectivity index (χ3v) is 9.20. The Morgan fingerprint density at radius 3 is 2.66 bits per heavy atom. The first-order valence-corrected chi connectivity index (χ1v) is 15.3. The van der Waals surface area contributed by atoms with E-state index in [-0.39, 0.29) is 17.9 Å². The number of fused-ring (bicyclic) bond motifs is 1. The monoisotopic (exact) mass is 625 g/mol. The fourth-order valence-corrected chi connectivity index (χ4v) is 6.79. The van der Waals surface area contributed by atoms with Gasteiger partial charge in [-0.25, -0.2) is 4.99 Å². The second-order valence-electron chi connectivity index (χ2n) is 11.3. The number of para-hydroxylation sites is 1.